The van der Waals surface area contributed by atoms with Gasteiger partial charge in [-0.15, -0.1) is 23.4 Å². The van der Waals surface area contributed by atoms with Gasteiger partial charge in [-0.1, -0.05) is 4.57 Å². The molecule has 5 aromatic rings. The molecule has 0 spiro atoms. The molecule has 0 aliphatic carbocycles. The molecule has 8 nitrogen and oxygen atoms in total. The number of alkyl halides is 3. The maximum atomic E-state index is 12.8. The molecule has 0 atom stereocenters. The number of pyridine rings is 2. The third kappa shape index (κ3) is 3.57. The summed E-state index contributed by atoms with van der Waals surface area (Å²) < 4.78 is 56.5. The summed E-state index contributed by atoms with van der Waals surface area (Å²) in [5.74, 6) is 1.81. The molecule has 0 fully saturated rings. The lowest BCUT2D eigenvalue weighted by atomic mass is 10.2. The van der Waals surface area contributed by atoms with Crippen molar-refractivity contribution in [2.24, 2.45) is 0 Å². The van der Waals surface area contributed by atoms with E-state index in [1.807, 2.05) is 12.1 Å². The van der Waals surface area contributed by atoms with Crippen molar-refractivity contribution in [3.05, 3.63) is 67.2 Å². The van der Waals surface area contributed by atoms with Gasteiger partial charge in [-0.25, -0.2) is 0 Å². The molecule has 5 rings (SSSR count). The van der Waals surface area contributed by atoms with Crippen LogP contribution in [0.25, 0.3) is 27.9 Å². The summed E-state index contributed by atoms with van der Waals surface area (Å²) in [6, 6.07) is 10.5. The van der Waals surface area contributed by atoms with Crippen LogP contribution in [0.5, 0.6) is 11.5 Å². The molecule has 4 aromatic heterocycles. The highest BCUT2D eigenvalue weighted by Crippen LogP contribution is 2.28. The first-order chi connectivity index (χ1) is 15.4. The van der Waals surface area contributed by atoms with Crippen molar-refractivity contribution in [2.45, 2.75) is 12.9 Å². The predicted octanol–water partition coefficient (Wildman–Crippen LogP) is 3.89. The topological polar surface area (TPSA) is 78.6 Å². The molecule has 4 heterocycles. The summed E-state index contributed by atoms with van der Waals surface area (Å²) in [6.07, 6.45) is 0.157. The van der Waals surface area contributed by atoms with Gasteiger partial charge < -0.3 is 13.9 Å². The molecule has 162 valence electrons. The third-order valence-electron chi connectivity index (χ3n) is 4.87. The largest absolute Gasteiger partial charge is 0.640 e. The molecule has 0 unspecified atom stereocenters. The zero-order valence-electron chi connectivity index (χ0n) is 16.6. The lowest BCUT2D eigenvalue weighted by Crippen LogP contribution is -2.44. The first kappa shape index (κ1) is 19.8. The van der Waals surface area contributed by atoms with Crippen molar-refractivity contribution in [2.75, 3.05) is 7.11 Å². The van der Waals surface area contributed by atoms with Crippen LogP contribution in [0.2, 0.25) is 0 Å². The smallest absolute Gasteiger partial charge is 0.497 e. The summed E-state index contributed by atoms with van der Waals surface area (Å²) in [6.45, 7) is 0.0798. The Morgan fingerprint density at radius 1 is 1.12 bits per heavy atom. The van der Waals surface area contributed by atoms with Gasteiger partial charge in [-0.2, -0.15) is 0 Å². The number of rotatable bonds is 5. The van der Waals surface area contributed by atoms with Crippen LogP contribution in [-0.2, 0) is 12.9 Å². The van der Waals surface area contributed by atoms with E-state index in [0.717, 1.165) is 11.6 Å². The van der Waals surface area contributed by atoms with E-state index in [-0.39, 0.29) is 16.9 Å². The SMILES string of the molecule is COc1ccc2c(OCc3nnc4ccc(-c5c[n+](C(F)(F)F)co5)cn34)ccnc2c1. The minimum atomic E-state index is -4.56. The molecule has 0 bridgehead atoms. The Kier molecular flexibility index (Phi) is 4.65. The van der Waals surface area contributed by atoms with Gasteiger partial charge in [0.1, 0.15) is 18.1 Å². The molecule has 0 radical (unpaired) electrons. The Balaban J connectivity index is 1.44. The van der Waals surface area contributed by atoms with E-state index >= 15 is 0 Å². The molecular formula is C21H15F3N5O3+. The lowest BCUT2D eigenvalue weighted by molar-refractivity contribution is -0.856. The van der Waals surface area contributed by atoms with Gasteiger partial charge in [0.15, 0.2) is 11.5 Å². The van der Waals surface area contributed by atoms with Crippen LogP contribution < -0.4 is 14.0 Å². The maximum Gasteiger partial charge on any atom is 0.640 e. The zero-order chi connectivity index (χ0) is 22.3. The molecule has 11 heteroatoms. The first-order valence-corrected chi connectivity index (χ1v) is 9.39. The number of ether oxygens (including phenoxy) is 2. The summed E-state index contributed by atoms with van der Waals surface area (Å²) in [5.41, 5.74) is 1.67. The highest BCUT2D eigenvalue weighted by Gasteiger charge is 2.43. The number of benzene rings is 1. The van der Waals surface area contributed by atoms with Gasteiger partial charge in [0.05, 0.1) is 12.6 Å². The quantitative estimate of drug-likeness (QED) is 0.385. The van der Waals surface area contributed by atoms with E-state index in [2.05, 4.69) is 15.2 Å². The van der Waals surface area contributed by atoms with Crippen LogP contribution in [0.1, 0.15) is 5.82 Å². The van der Waals surface area contributed by atoms with E-state index in [1.165, 1.54) is 0 Å². The van der Waals surface area contributed by atoms with Gasteiger partial charge in [0.25, 0.3) is 0 Å². The second-order valence-electron chi connectivity index (χ2n) is 6.83. The number of methoxy groups -OCH3 is 1. The Bertz CT molecular complexity index is 1430. The Morgan fingerprint density at radius 3 is 2.78 bits per heavy atom. The van der Waals surface area contributed by atoms with Gasteiger partial charge in [-0.05, 0) is 30.3 Å². The van der Waals surface area contributed by atoms with Gasteiger partial charge in [0, 0.05) is 29.4 Å². The zero-order valence-corrected chi connectivity index (χ0v) is 16.6. The van der Waals surface area contributed by atoms with Gasteiger partial charge >= 0.3 is 12.7 Å². The standard InChI is InChI=1S/C21H15F3N5O3/c1-30-14-3-4-15-16(8-14)25-7-6-17(15)31-11-20-27-26-19-5-2-13(9-29(19)20)18-10-28(12-32-18)21(22,23)24/h2-10,12H,11H2,1H3/q+1. The molecule has 32 heavy (non-hydrogen) atoms. The predicted molar refractivity (Wildman–Crippen MR) is 105 cm³/mol. The summed E-state index contributed by atoms with van der Waals surface area (Å²) in [4.78, 5) is 4.32. The maximum absolute atomic E-state index is 12.8. The molecule has 1 aromatic carbocycles. The summed E-state index contributed by atoms with van der Waals surface area (Å²) >= 11 is 0. The van der Waals surface area contributed by atoms with Crippen LogP contribution in [0.15, 0.2) is 65.8 Å². The number of fused-ring (bicyclic) bond motifs is 2. The van der Waals surface area contributed by atoms with Crippen molar-refractivity contribution in [3.63, 3.8) is 0 Å². The highest BCUT2D eigenvalue weighted by molar-refractivity contribution is 5.85. The summed E-state index contributed by atoms with van der Waals surface area (Å²) in [7, 11) is 1.58. The van der Waals surface area contributed by atoms with Crippen molar-refractivity contribution in [1.82, 2.24) is 19.6 Å². The monoisotopic (exact) mass is 442 g/mol. The Labute approximate surface area is 178 Å². The van der Waals surface area contributed by atoms with Gasteiger partial charge in [-0.3, -0.25) is 9.38 Å². The number of nitrogens with zero attached hydrogens (tertiary/aromatic N) is 5. The van der Waals surface area contributed by atoms with Crippen LogP contribution in [-0.4, -0.2) is 26.7 Å². The molecule has 0 aliphatic heterocycles. The fourth-order valence-corrected chi connectivity index (χ4v) is 3.26. The number of aromatic nitrogens is 5. The van der Waals surface area contributed by atoms with Crippen LogP contribution in [0, 0.1) is 0 Å². The molecule has 0 amide bonds. The van der Waals surface area contributed by atoms with Crippen LogP contribution in [0.3, 0.4) is 0 Å². The van der Waals surface area contributed by atoms with E-state index in [4.69, 9.17) is 13.9 Å². The van der Waals surface area contributed by atoms with E-state index in [1.54, 1.807) is 48.2 Å². The number of hydrogen-bond donors (Lipinski definition) is 0. The summed E-state index contributed by atoms with van der Waals surface area (Å²) in [5, 5.41) is 9.02. The fourth-order valence-electron chi connectivity index (χ4n) is 3.26. The van der Waals surface area contributed by atoms with E-state index < -0.39 is 6.30 Å². The lowest BCUT2D eigenvalue weighted by Gasteiger charge is -2.09. The molecule has 0 saturated carbocycles. The molecular weight excluding hydrogens is 427 g/mol. The van der Waals surface area contributed by atoms with Crippen molar-refractivity contribution < 1.29 is 31.6 Å². The first-order valence-electron chi connectivity index (χ1n) is 9.39. The average molecular weight is 442 g/mol. The Hall–Kier alpha value is -4.15. The molecule has 0 N–H and O–H groups in total. The average Bonchev–Trinajstić information content (AvgIpc) is 3.44. The van der Waals surface area contributed by atoms with Crippen LogP contribution in [0.4, 0.5) is 13.2 Å². The Morgan fingerprint density at radius 2 is 2.00 bits per heavy atom. The highest BCUT2D eigenvalue weighted by atomic mass is 19.4. The number of hydrogen-bond acceptors (Lipinski definition) is 6. The van der Waals surface area contributed by atoms with Crippen LogP contribution >= 0.6 is 0 Å². The van der Waals surface area contributed by atoms with E-state index in [0.29, 0.717) is 40.4 Å². The van der Waals surface area contributed by atoms with E-state index in [9.17, 15) is 13.2 Å². The molecule has 0 aliphatic rings. The molecule has 0 saturated heterocycles. The van der Waals surface area contributed by atoms with Crippen molar-refractivity contribution in [3.8, 4) is 22.8 Å². The second-order valence-corrected chi connectivity index (χ2v) is 6.83. The third-order valence-corrected chi connectivity index (χ3v) is 4.87. The second kappa shape index (κ2) is 7.52. The van der Waals surface area contributed by atoms with Crippen molar-refractivity contribution >= 4 is 16.6 Å². The fraction of sp³-hybridized carbons (Fsp3) is 0.143. The van der Waals surface area contributed by atoms with Gasteiger partial charge in [0.2, 0.25) is 12.0 Å². The number of oxazole rings is 1. The minimum Gasteiger partial charge on any atom is -0.497 e. The number of halogens is 3. The van der Waals surface area contributed by atoms with Crippen molar-refractivity contribution in [1.29, 1.82) is 0 Å². The normalized spacial score (nSPS) is 11.9. The minimum absolute atomic E-state index is 0.0479.